The van der Waals surface area contributed by atoms with Crippen LogP contribution < -0.4 is 0 Å². The fraction of sp³-hybridized carbons (Fsp3) is 0.333. The molecule has 0 aliphatic heterocycles. The van der Waals surface area contributed by atoms with Gasteiger partial charge in [-0.2, -0.15) is 0 Å². The summed E-state index contributed by atoms with van der Waals surface area (Å²) in [6.45, 7) is -0.0446. The molecule has 0 aromatic rings. The van der Waals surface area contributed by atoms with Crippen molar-refractivity contribution in [2.24, 2.45) is 0 Å². The van der Waals surface area contributed by atoms with E-state index in [1.807, 2.05) is 0 Å². The third-order valence-corrected chi connectivity index (χ3v) is 1.16. The predicted octanol–water partition coefficient (Wildman–Crippen LogP) is 0.396. The van der Waals surface area contributed by atoms with Crippen molar-refractivity contribution in [1.82, 2.24) is 0 Å². The van der Waals surface area contributed by atoms with Crippen LogP contribution in [0.5, 0.6) is 0 Å². The van der Waals surface area contributed by atoms with E-state index in [2.05, 4.69) is 22.9 Å². The van der Waals surface area contributed by atoms with Crippen LogP contribution in [0.25, 0.3) is 0 Å². The summed E-state index contributed by atoms with van der Waals surface area (Å²) in [5, 5.41) is 0. The molecule has 0 aliphatic carbocycles. The Hall–Kier alpha value is 1.01. The van der Waals surface area contributed by atoms with Gasteiger partial charge in [0.1, 0.15) is 0 Å². The number of rotatable bonds is 3. The molecule has 9 heavy (non-hydrogen) atoms. The molecule has 0 atom stereocenters. The Morgan fingerprint density at radius 1 is 1.67 bits per heavy atom. The molecule has 0 rings (SSSR count). The second-order valence-corrected chi connectivity index (χ2v) is 3.74. The van der Waals surface area contributed by atoms with E-state index >= 15 is 0 Å². The van der Waals surface area contributed by atoms with Crippen molar-refractivity contribution in [1.29, 1.82) is 0 Å². The Kier molecular flexibility index (Phi) is 8.12. The SMILES string of the molecule is C=CCOP(O)(O)=S.[Ag]. The van der Waals surface area contributed by atoms with Gasteiger partial charge in [-0.05, 0) is 11.8 Å². The van der Waals surface area contributed by atoms with Crippen LogP contribution in [0.15, 0.2) is 12.7 Å². The normalized spacial score (nSPS) is 10.0. The van der Waals surface area contributed by atoms with Crippen molar-refractivity contribution in [3.05, 3.63) is 12.7 Å². The van der Waals surface area contributed by atoms with Crippen LogP contribution in [0.2, 0.25) is 0 Å². The summed E-state index contributed by atoms with van der Waals surface area (Å²) in [6.07, 6.45) is 1.40. The van der Waals surface area contributed by atoms with E-state index in [-0.39, 0.29) is 29.0 Å². The summed E-state index contributed by atoms with van der Waals surface area (Å²) >= 11 is 4.10. The van der Waals surface area contributed by atoms with Gasteiger partial charge in [0, 0.05) is 22.4 Å². The van der Waals surface area contributed by atoms with Crippen LogP contribution >= 0.6 is 6.72 Å². The van der Waals surface area contributed by atoms with Gasteiger partial charge in [0.2, 0.25) is 0 Å². The van der Waals surface area contributed by atoms with Gasteiger partial charge in [0.05, 0.1) is 6.61 Å². The maximum atomic E-state index is 8.36. The topological polar surface area (TPSA) is 49.7 Å². The first-order chi connectivity index (χ1) is 3.56. The van der Waals surface area contributed by atoms with Gasteiger partial charge in [0.25, 0.3) is 0 Å². The van der Waals surface area contributed by atoms with Crippen LogP contribution in [0.1, 0.15) is 0 Å². The van der Waals surface area contributed by atoms with E-state index in [0.29, 0.717) is 0 Å². The first-order valence-corrected chi connectivity index (χ1v) is 4.50. The monoisotopic (exact) mass is 261 g/mol. The van der Waals surface area contributed by atoms with E-state index in [4.69, 9.17) is 9.79 Å². The molecule has 3 nitrogen and oxygen atoms in total. The summed E-state index contributed by atoms with van der Waals surface area (Å²) in [5.74, 6) is 0. The predicted molar refractivity (Wildman–Crippen MR) is 34.9 cm³/mol. The minimum atomic E-state index is -3.42. The molecule has 0 amide bonds. The zero-order chi connectivity index (χ0) is 6.62. The Balaban J connectivity index is 0. The summed E-state index contributed by atoms with van der Waals surface area (Å²) < 4.78 is 4.30. The maximum absolute atomic E-state index is 8.36. The molecule has 0 fully saturated rings. The van der Waals surface area contributed by atoms with E-state index in [1.165, 1.54) is 6.08 Å². The summed E-state index contributed by atoms with van der Waals surface area (Å²) in [5.41, 5.74) is 0. The van der Waals surface area contributed by atoms with Crippen molar-refractivity contribution in [3.63, 3.8) is 0 Å². The van der Waals surface area contributed by atoms with E-state index in [1.54, 1.807) is 0 Å². The van der Waals surface area contributed by atoms with Gasteiger partial charge in [-0.1, -0.05) is 6.08 Å². The largest absolute Gasteiger partial charge is 0.325 e. The van der Waals surface area contributed by atoms with Crippen LogP contribution in [0, 0.1) is 0 Å². The Bertz CT molecular complexity index is 122. The standard InChI is InChI=1S/C3H7O3PS.Ag/c1-2-3-6-7(4,5)8;/h2H,1,3H2,(H2,4,5,8);. The third-order valence-electron chi connectivity index (χ3n) is 0.361. The smallest absolute Gasteiger partial charge is 0.322 e. The summed E-state index contributed by atoms with van der Waals surface area (Å²) in [4.78, 5) is 16.7. The van der Waals surface area contributed by atoms with Crippen molar-refractivity contribution in [2.45, 2.75) is 0 Å². The molecular weight excluding hydrogens is 255 g/mol. The quantitative estimate of drug-likeness (QED) is 0.439. The fourth-order valence-electron chi connectivity index (χ4n) is 0.150. The van der Waals surface area contributed by atoms with Gasteiger partial charge < -0.3 is 14.3 Å². The van der Waals surface area contributed by atoms with Gasteiger partial charge in [0.15, 0.2) is 0 Å². The first kappa shape index (κ1) is 12.7. The van der Waals surface area contributed by atoms with Gasteiger partial charge in [-0.3, -0.25) is 0 Å². The molecule has 0 aliphatic rings. The zero-order valence-electron chi connectivity index (χ0n) is 4.45. The molecular formula is C3H7AgO3PS. The Labute approximate surface area is 74.5 Å². The van der Waals surface area contributed by atoms with Crippen molar-refractivity contribution in [2.75, 3.05) is 6.61 Å². The summed E-state index contributed by atoms with van der Waals surface area (Å²) in [6, 6.07) is 0. The van der Waals surface area contributed by atoms with E-state index in [9.17, 15) is 0 Å². The second-order valence-electron chi connectivity index (χ2n) is 1.08. The third kappa shape index (κ3) is 12.3. The molecule has 2 N–H and O–H groups in total. The molecule has 0 heterocycles. The first-order valence-electron chi connectivity index (χ1n) is 1.87. The number of hydrogen-bond acceptors (Lipinski definition) is 2. The van der Waals surface area contributed by atoms with E-state index < -0.39 is 6.72 Å². The molecule has 1 radical (unpaired) electrons. The minimum absolute atomic E-state index is 0. The molecule has 6 heteroatoms. The van der Waals surface area contributed by atoms with Crippen LogP contribution in [-0.4, -0.2) is 16.4 Å². The van der Waals surface area contributed by atoms with Crippen LogP contribution in [0.4, 0.5) is 0 Å². The Morgan fingerprint density at radius 3 is 2.22 bits per heavy atom. The average molecular weight is 262 g/mol. The summed E-state index contributed by atoms with van der Waals surface area (Å²) in [7, 11) is 0. The Morgan fingerprint density at radius 2 is 2.11 bits per heavy atom. The van der Waals surface area contributed by atoms with Crippen LogP contribution in [0.3, 0.4) is 0 Å². The maximum Gasteiger partial charge on any atom is 0.322 e. The second kappa shape index (κ2) is 5.77. The minimum Gasteiger partial charge on any atom is -0.325 e. The van der Waals surface area contributed by atoms with E-state index in [0.717, 1.165) is 0 Å². The van der Waals surface area contributed by atoms with Crippen molar-refractivity contribution < 1.29 is 36.7 Å². The molecule has 0 unspecified atom stereocenters. The number of hydrogen-bond donors (Lipinski definition) is 2. The van der Waals surface area contributed by atoms with Crippen molar-refractivity contribution in [3.8, 4) is 0 Å². The molecule has 0 bridgehead atoms. The molecule has 0 saturated carbocycles. The van der Waals surface area contributed by atoms with Gasteiger partial charge >= 0.3 is 6.72 Å². The van der Waals surface area contributed by atoms with Crippen molar-refractivity contribution >= 4 is 18.5 Å². The molecule has 0 aromatic carbocycles. The van der Waals surface area contributed by atoms with Gasteiger partial charge in [-0.25, -0.2) is 0 Å². The van der Waals surface area contributed by atoms with Crippen LogP contribution in [-0.2, 0) is 38.7 Å². The molecule has 0 spiro atoms. The fourth-order valence-corrected chi connectivity index (χ4v) is 0.632. The molecule has 0 saturated heterocycles. The molecule has 0 aromatic heterocycles. The zero-order valence-corrected chi connectivity index (χ0v) is 7.64. The average Bonchev–Trinajstić information content (AvgIpc) is 1.59. The van der Waals surface area contributed by atoms with Gasteiger partial charge in [-0.15, -0.1) is 6.58 Å². The molecule has 59 valence electrons.